The predicted molar refractivity (Wildman–Crippen MR) is 133 cm³/mol. The Morgan fingerprint density at radius 1 is 0.452 bits per heavy atom. The Kier molecular flexibility index (Phi) is 3.16. The van der Waals surface area contributed by atoms with E-state index in [0.29, 0.717) is 0 Å². The maximum atomic E-state index is 2.37. The average Bonchev–Trinajstić information content (AvgIpc) is 3.05. The van der Waals surface area contributed by atoms with E-state index in [1.807, 2.05) is 0 Å². The van der Waals surface area contributed by atoms with Crippen molar-refractivity contribution in [3.05, 3.63) is 108 Å². The van der Waals surface area contributed by atoms with E-state index in [1.54, 1.807) is 0 Å². The van der Waals surface area contributed by atoms with Gasteiger partial charge in [-0.1, -0.05) is 111 Å². The lowest BCUT2D eigenvalue weighted by atomic mass is 9.78. The van der Waals surface area contributed by atoms with Crippen molar-refractivity contribution in [1.82, 2.24) is 0 Å². The molecule has 0 heteroatoms. The van der Waals surface area contributed by atoms with Crippen LogP contribution in [0.4, 0.5) is 0 Å². The van der Waals surface area contributed by atoms with Gasteiger partial charge in [0.25, 0.3) is 0 Å². The van der Waals surface area contributed by atoms with Crippen LogP contribution in [-0.2, 0) is 5.41 Å². The lowest BCUT2D eigenvalue weighted by Gasteiger charge is -2.25. The summed E-state index contributed by atoms with van der Waals surface area (Å²) in [6, 6.07) is 36.1. The normalized spacial score (nSPS) is 14.4. The quantitative estimate of drug-likeness (QED) is 0.245. The number of hydrogen-bond acceptors (Lipinski definition) is 0. The molecule has 0 saturated carbocycles. The summed E-state index contributed by atoms with van der Waals surface area (Å²) in [6.07, 6.45) is 0. The SMILES string of the molecule is CC1(C)c2ccccc2-c2cccc(-c3ccc4ccc5cccc6ccc3c4c56)c21. The number of fused-ring (bicyclic) bond motifs is 3. The Hall–Kier alpha value is -3.64. The third-order valence-corrected chi connectivity index (χ3v) is 7.40. The van der Waals surface area contributed by atoms with Crippen LogP contribution in [0, 0.1) is 0 Å². The van der Waals surface area contributed by atoms with E-state index in [9.17, 15) is 0 Å². The molecule has 6 aromatic carbocycles. The van der Waals surface area contributed by atoms with Crippen molar-refractivity contribution in [1.29, 1.82) is 0 Å². The Balaban J connectivity index is 1.62. The largest absolute Gasteiger partial charge is 0.0619 e. The summed E-state index contributed by atoms with van der Waals surface area (Å²) >= 11 is 0. The third-order valence-electron chi connectivity index (χ3n) is 7.40. The molecule has 1 aliphatic carbocycles. The van der Waals surface area contributed by atoms with Crippen LogP contribution in [0.2, 0.25) is 0 Å². The Morgan fingerprint density at radius 2 is 1.03 bits per heavy atom. The molecule has 0 saturated heterocycles. The van der Waals surface area contributed by atoms with E-state index in [4.69, 9.17) is 0 Å². The molecule has 0 aliphatic heterocycles. The summed E-state index contributed by atoms with van der Waals surface area (Å²) in [4.78, 5) is 0. The first kappa shape index (κ1) is 17.1. The molecule has 0 amide bonds. The molecule has 0 fully saturated rings. The van der Waals surface area contributed by atoms with Gasteiger partial charge >= 0.3 is 0 Å². The molecule has 0 N–H and O–H groups in total. The Bertz CT molecular complexity index is 1630. The van der Waals surface area contributed by atoms with Gasteiger partial charge in [-0.15, -0.1) is 0 Å². The minimum atomic E-state index is -0.0213. The van der Waals surface area contributed by atoms with Crippen molar-refractivity contribution in [2.24, 2.45) is 0 Å². The van der Waals surface area contributed by atoms with E-state index in [0.717, 1.165) is 0 Å². The average molecular weight is 395 g/mol. The molecule has 0 radical (unpaired) electrons. The number of rotatable bonds is 1. The van der Waals surface area contributed by atoms with Gasteiger partial charge in [0.1, 0.15) is 0 Å². The molecule has 7 rings (SSSR count). The van der Waals surface area contributed by atoms with Crippen LogP contribution in [0.5, 0.6) is 0 Å². The second kappa shape index (κ2) is 5.74. The van der Waals surface area contributed by atoms with Gasteiger partial charge in [-0.3, -0.25) is 0 Å². The highest BCUT2D eigenvalue weighted by Gasteiger charge is 2.37. The highest BCUT2D eigenvalue weighted by molar-refractivity contribution is 6.25. The van der Waals surface area contributed by atoms with Gasteiger partial charge in [0.05, 0.1) is 0 Å². The molecular formula is C31H22. The van der Waals surface area contributed by atoms with Gasteiger partial charge in [-0.2, -0.15) is 0 Å². The van der Waals surface area contributed by atoms with Crippen molar-refractivity contribution in [3.8, 4) is 22.3 Å². The second-order valence-corrected chi connectivity index (χ2v) is 9.37. The molecule has 0 aromatic heterocycles. The molecule has 0 bridgehead atoms. The predicted octanol–water partition coefficient (Wildman–Crippen LogP) is 8.56. The topological polar surface area (TPSA) is 0 Å². The number of benzene rings is 6. The van der Waals surface area contributed by atoms with Gasteiger partial charge in [-0.05, 0) is 65.7 Å². The fraction of sp³-hybridized carbons (Fsp3) is 0.0968. The van der Waals surface area contributed by atoms with Crippen molar-refractivity contribution in [2.45, 2.75) is 19.3 Å². The standard InChI is InChI=1S/C31H22/c1-31(2)27-12-4-3-9-23(27)26-11-6-10-25(30(26)31)22-17-15-21-14-13-19-7-5-8-20-16-18-24(22)29(21)28(19)20/h3-18H,1-2H3. The van der Waals surface area contributed by atoms with Crippen molar-refractivity contribution >= 4 is 32.3 Å². The van der Waals surface area contributed by atoms with Crippen LogP contribution in [0.3, 0.4) is 0 Å². The summed E-state index contributed by atoms with van der Waals surface area (Å²) in [5.74, 6) is 0. The van der Waals surface area contributed by atoms with Gasteiger partial charge in [-0.25, -0.2) is 0 Å². The fourth-order valence-electron chi connectivity index (χ4n) is 6.04. The maximum Gasteiger partial charge on any atom is 0.0165 e. The van der Waals surface area contributed by atoms with Gasteiger partial charge in [0.15, 0.2) is 0 Å². The van der Waals surface area contributed by atoms with Crippen molar-refractivity contribution in [2.75, 3.05) is 0 Å². The molecule has 0 unspecified atom stereocenters. The molecule has 0 spiro atoms. The third kappa shape index (κ3) is 2.10. The van der Waals surface area contributed by atoms with Crippen LogP contribution < -0.4 is 0 Å². The van der Waals surface area contributed by atoms with Crippen molar-refractivity contribution < 1.29 is 0 Å². The van der Waals surface area contributed by atoms with Gasteiger partial charge in [0, 0.05) is 5.41 Å². The molecular weight excluding hydrogens is 372 g/mol. The van der Waals surface area contributed by atoms with Crippen LogP contribution in [0.1, 0.15) is 25.0 Å². The second-order valence-electron chi connectivity index (χ2n) is 9.37. The first-order chi connectivity index (χ1) is 15.1. The van der Waals surface area contributed by atoms with E-state index < -0.39 is 0 Å². The molecule has 31 heavy (non-hydrogen) atoms. The zero-order valence-electron chi connectivity index (χ0n) is 17.7. The van der Waals surface area contributed by atoms with Crippen LogP contribution >= 0.6 is 0 Å². The highest BCUT2D eigenvalue weighted by Crippen LogP contribution is 2.53. The first-order valence-electron chi connectivity index (χ1n) is 11.0. The summed E-state index contributed by atoms with van der Waals surface area (Å²) in [6.45, 7) is 4.74. The summed E-state index contributed by atoms with van der Waals surface area (Å²) in [7, 11) is 0. The molecule has 0 heterocycles. The van der Waals surface area contributed by atoms with Gasteiger partial charge < -0.3 is 0 Å². The van der Waals surface area contributed by atoms with Crippen LogP contribution in [0.25, 0.3) is 54.6 Å². The van der Waals surface area contributed by atoms with Crippen LogP contribution in [-0.4, -0.2) is 0 Å². The lowest BCUT2D eigenvalue weighted by molar-refractivity contribution is 0.662. The van der Waals surface area contributed by atoms with E-state index >= 15 is 0 Å². The highest BCUT2D eigenvalue weighted by atomic mass is 14.4. The van der Waals surface area contributed by atoms with E-state index in [-0.39, 0.29) is 5.41 Å². The van der Waals surface area contributed by atoms with E-state index in [1.165, 1.54) is 65.7 Å². The monoisotopic (exact) mass is 394 g/mol. The van der Waals surface area contributed by atoms with Crippen molar-refractivity contribution in [3.63, 3.8) is 0 Å². The zero-order valence-corrected chi connectivity index (χ0v) is 17.7. The lowest BCUT2D eigenvalue weighted by Crippen LogP contribution is -2.16. The Labute approximate surface area is 182 Å². The summed E-state index contributed by atoms with van der Waals surface area (Å²) in [5.41, 5.74) is 8.30. The number of hydrogen-bond donors (Lipinski definition) is 0. The fourth-order valence-corrected chi connectivity index (χ4v) is 6.04. The van der Waals surface area contributed by atoms with Crippen LogP contribution in [0.15, 0.2) is 97.1 Å². The zero-order chi connectivity index (χ0) is 20.7. The molecule has 6 aromatic rings. The van der Waals surface area contributed by atoms with Gasteiger partial charge in [0.2, 0.25) is 0 Å². The minimum absolute atomic E-state index is 0.0213. The molecule has 0 nitrogen and oxygen atoms in total. The van der Waals surface area contributed by atoms with E-state index in [2.05, 4.69) is 111 Å². The first-order valence-corrected chi connectivity index (χ1v) is 11.0. The molecule has 0 atom stereocenters. The Morgan fingerprint density at radius 3 is 1.84 bits per heavy atom. The smallest absolute Gasteiger partial charge is 0.0165 e. The summed E-state index contributed by atoms with van der Waals surface area (Å²) < 4.78 is 0. The summed E-state index contributed by atoms with van der Waals surface area (Å²) in [5, 5.41) is 8.08. The maximum absolute atomic E-state index is 2.37. The molecule has 146 valence electrons. The minimum Gasteiger partial charge on any atom is -0.0619 e. The molecule has 1 aliphatic rings.